The molecule has 0 saturated carbocycles. The normalized spacial score (nSPS) is 18.4. The van der Waals surface area contributed by atoms with Crippen molar-refractivity contribution in [3.8, 4) is 0 Å². The lowest BCUT2D eigenvalue weighted by Gasteiger charge is -2.09. The number of carbonyl (C=O) groups is 2. The Morgan fingerprint density at radius 2 is 1.96 bits per heavy atom. The molecule has 0 spiro atoms. The second-order valence-corrected chi connectivity index (χ2v) is 7.69. The monoisotopic (exact) mass is 435 g/mol. The summed E-state index contributed by atoms with van der Waals surface area (Å²) in [6, 6.07) is 13.3. The Labute approximate surface area is 162 Å². The highest BCUT2D eigenvalue weighted by atomic mass is 79.9. The van der Waals surface area contributed by atoms with Crippen molar-refractivity contribution in [2.45, 2.75) is 11.7 Å². The number of hydrogen-bond donors (Lipinski definition) is 1. The van der Waals surface area contributed by atoms with E-state index in [2.05, 4.69) is 26.2 Å². The summed E-state index contributed by atoms with van der Waals surface area (Å²) in [6.07, 6.45) is -0.0540. The van der Waals surface area contributed by atoms with Gasteiger partial charge in [-0.25, -0.2) is 9.38 Å². The van der Waals surface area contributed by atoms with Crippen LogP contribution in [0.1, 0.15) is 6.42 Å². The largest absolute Gasteiger partial charge is 0.324 e. The fourth-order valence-corrected chi connectivity index (χ4v) is 3.77. The topological polar surface area (TPSA) is 61.8 Å². The fourth-order valence-electron chi connectivity index (χ4n) is 2.36. The molecule has 2 aromatic rings. The van der Waals surface area contributed by atoms with Gasteiger partial charge in [-0.2, -0.15) is 0 Å². The van der Waals surface area contributed by atoms with Crippen LogP contribution in [-0.2, 0) is 9.59 Å². The number of rotatable bonds is 4. The zero-order chi connectivity index (χ0) is 18.7. The molecule has 0 bridgehead atoms. The van der Waals surface area contributed by atoms with Gasteiger partial charge < -0.3 is 5.32 Å². The Bertz CT molecular complexity index is 873. The molecule has 1 aliphatic rings. The third kappa shape index (κ3) is 4.31. The molecular formula is C18H15BrFN3O2S. The number of para-hydroxylation sites is 1. The van der Waals surface area contributed by atoms with E-state index in [0.717, 1.165) is 4.47 Å². The summed E-state index contributed by atoms with van der Waals surface area (Å²) in [5.74, 6) is -1.13. The SMILES string of the molecule is CN1C(=O)[C@H](CC(=O)Nc2ccccc2F)SC1=Nc1ccc(Br)cc1. The molecule has 0 radical (unpaired) electrons. The molecule has 1 atom stereocenters. The van der Waals surface area contributed by atoms with Gasteiger partial charge in [-0.3, -0.25) is 14.5 Å². The van der Waals surface area contributed by atoms with Gasteiger partial charge in [0.15, 0.2) is 5.17 Å². The van der Waals surface area contributed by atoms with E-state index in [0.29, 0.717) is 10.9 Å². The third-order valence-corrected chi connectivity index (χ3v) is 5.47. The highest BCUT2D eigenvalue weighted by Crippen LogP contribution is 2.31. The maximum atomic E-state index is 13.6. The molecule has 1 N–H and O–H groups in total. The van der Waals surface area contributed by atoms with E-state index in [1.807, 2.05) is 24.3 Å². The molecule has 1 aliphatic heterocycles. The molecule has 0 aliphatic carbocycles. The molecule has 3 rings (SSSR count). The van der Waals surface area contributed by atoms with Gasteiger partial charge in [-0.15, -0.1) is 0 Å². The fraction of sp³-hybridized carbons (Fsp3) is 0.167. The van der Waals surface area contributed by atoms with Crippen molar-refractivity contribution in [3.05, 3.63) is 58.8 Å². The minimum Gasteiger partial charge on any atom is -0.324 e. The van der Waals surface area contributed by atoms with E-state index in [9.17, 15) is 14.0 Å². The van der Waals surface area contributed by atoms with Crippen LogP contribution < -0.4 is 5.32 Å². The standard InChI is InChI=1S/C18H15BrFN3O2S/c1-23-17(25)15(10-16(24)22-14-5-3-2-4-13(14)20)26-18(23)21-12-8-6-11(19)7-9-12/h2-9,15H,10H2,1H3,(H,22,24)/t15-/m0/s1. The molecular weight excluding hydrogens is 421 g/mol. The van der Waals surface area contributed by atoms with Crippen molar-refractivity contribution in [3.63, 3.8) is 0 Å². The predicted octanol–water partition coefficient (Wildman–Crippen LogP) is 4.18. The summed E-state index contributed by atoms with van der Waals surface area (Å²) < 4.78 is 14.6. The van der Waals surface area contributed by atoms with Gasteiger partial charge in [0.2, 0.25) is 11.8 Å². The molecule has 8 heteroatoms. The number of hydrogen-bond acceptors (Lipinski definition) is 4. The van der Waals surface area contributed by atoms with Crippen LogP contribution in [0, 0.1) is 5.82 Å². The molecule has 2 amide bonds. The summed E-state index contributed by atoms with van der Waals surface area (Å²) >= 11 is 4.59. The lowest BCUT2D eigenvalue weighted by molar-refractivity contribution is -0.127. The van der Waals surface area contributed by atoms with Crippen LogP contribution in [0.2, 0.25) is 0 Å². The van der Waals surface area contributed by atoms with Gasteiger partial charge in [0.1, 0.15) is 11.1 Å². The average Bonchev–Trinajstić information content (AvgIpc) is 2.87. The zero-order valence-corrected chi connectivity index (χ0v) is 16.2. The first kappa shape index (κ1) is 18.6. The van der Waals surface area contributed by atoms with Crippen LogP contribution in [-0.4, -0.2) is 34.2 Å². The first-order chi connectivity index (χ1) is 12.4. The van der Waals surface area contributed by atoms with Crippen LogP contribution >= 0.6 is 27.7 Å². The molecule has 26 heavy (non-hydrogen) atoms. The van der Waals surface area contributed by atoms with Crippen molar-refractivity contribution in [1.29, 1.82) is 0 Å². The summed E-state index contributed by atoms with van der Waals surface area (Å²) in [7, 11) is 1.63. The lowest BCUT2D eigenvalue weighted by atomic mass is 10.2. The highest BCUT2D eigenvalue weighted by molar-refractivity contribution is 9.10. The Morgan fingerprint density at radius 1 is 1.27 bits per heavy atom. The molecule has 134 valence electrons. The molecule has 1 saturated heterocycles. The van der Waals surface area contributed by atoms with Crippen molar-refractivity contribution >= 4 is 56.0 Å². The Kier molecular flexibility index (Phi) is 5.73. The maximum Gasteiger partial charge on any atom is 0.242 e. The molecule has 2 aromatic carbocycles. The van der Waals surface area contributed by atoms with Crippen LogP contribution in [0.4, 0.5) is 15.8 Å². The van der Waals surface area contributed by atoms with Crippen LogP contribution in [0.15, 0.2) is 58.0 Å². The number of anilines is 1. The lowest BCUT2D eigenvalue weighted by Crippen LogP contribution is -2.30. The molecule has 1 heterocycles. The smallest absolute Gasteiger partial charge is 0.242 e. The zero-order valence-electron chi connectivity index (χ0n) is 13.8. The summed E-state index contributed by atoms with van der Waals surface area (Å²) in [6.45, 7) is 0. The van der Waals surface area contributed by atoms with E-state index in [1.165, 1.54) is 28.8 Å². The highest BCUT2D eigenvalue weighted by Gasteiger charge is 2.37. The number of benzene rings is 2. The average molecular weight is 436 g/mol. The van der Waals surface area contributed by atoms with Gasteiger partial charge in [0.25, 0.3) is 0 Å². The van der Waals surface area contributed by atoms with Gasteiger partial charge in [0.05, 0.1) is 11.4 Å². The van der Waals surface area contributed by atoms with Crippen LogP contribution in [0.5, 0.6) is 0 Å². The Hall–Kier alpha value is -2.19. The first-order valence-corrected chi connectivity index (χ1v) is 9.44. The molecule has 5 nitrogen and oxygen atoms in total. The van der Waals surface area contributed by atoms with Gasteiger partial charge >= 0.3 is 0 Å². The quantitative estimate of drug-likeness (QED) is 0.783. The van der Waals surface area contributed by atoms with E-state index in [-0.39, 0.29) is 18.0 Å². The van der Waals surface area contributed by atoms with E-state index in [1.54, 1.807) is 19.2 Å². The summed E-state index contributed by atoms with van der Waals surface area (Å²) in [5.41, 5.74) is 0.817. The minimum atomic E-state index is -0.582. The number of carbonyl (C=O) groups excluding carboxylic acids is 2. The van der Waals surface area contributed by atoms with E-state index < -0.39 is 17.0 Å². The first-order valence-electron chi connectivity index (χ1n) is 7.77. The van der Waals surface area contributed by atoms with Crippen molar-refractivity contribution in [1.82, 2.24) is 4.90 Å². The van der Waals surface area contributed by atoms with Crippen molar-refractivity contribution in [2.24, 2.45) is 4.99 Å². The van der Waals surface area contributed by atoms with Crippen molar-refractivity contribution < 1.29 is 14.0 Å². The second-order valence-electron chi connectivity index (χ2n) is 5.61. The molecule has 1 fully saturated rings. The van der Waals surface area contributed by atoms with Gasteiger partial charge in [-0.1, -0.05) is 39.8 Å². The van der Waals surface area contributed by atoms with Crippen molar-refractivity contribution in [2.75, 3.05) is 12.4 Å². The van der Waals surface area contributed by atoms with Gasteiger partial charge in [0, 0.05) is 17.9 Å². The third-order valence-electron chi connectivity index (χ3n) is 3.71. The second kappa shape index (κ2) is 8.01. The number of amidine groups is 1. The number of aliphatic imine (C=N–C) groups is 1. The molecule has 0 unspecified atom stereocenters. The van der Waals surface area contributed by atoms with E-state index in [4.69, 9.17) is 0 Å². The number of thioether (sulfide) groups is 1. The summed E-state index contributed by atoms with van der Waals surface area (Å²) in [4.78, 5) is 30.4. The van der Waals surface area contributed by atoms with Crippen LogP contribution in [0.3, 0.4) is 0 Å². The number of halogens is 2. The Morgan fingerprint density at radius 3 is 2.65 bits per heavy atom. The number of nitrogens with one attached hydrogen (secondary N) is 1. The van der Waals surface area contributed by atoms with E-state index >= 15 is 0 Å². The maximum absolute atomic E-state index is 13.6. The summed E-state index contributed by atoms with van der Waals surface area (Å²) in [5, 5.41) is 2.45. The number of nitrogens with zero attached hydrogens (tertiary/aromatic N) is 2. The van der Waals surface area contributed by atoms with Gasteiger partial charge in [-0.05, 0) is 36.4 Å². The Balaban J connectivity index is 1.67. The van der Waals surface area contributed by atoms with Crippen LogP contribution in [0.25, 0.3) is 0 Å². The minimum absolute atomic E-state index is 0.0540. The number of amides is 2. The predicted molar refractivity (Wildman–Crippen MR) is 105 cm³/mol. The molecule has 0 aromatic heterocycles.